The highest BCUT2D eigenvalue weighted by molar-refractivity contribution is 5.78. The summed E-state index contributed by atoms with van der Waals surface area (Å²) in [6, 6.07) is 9.53. The van der Waals surface area contributed by atoms with E-state index in [2.05, 4.69) is 4.98 Å². The summed E-state index contributed by atoms with van der Waals surface area (Å²) in [6.45, 7) is 2.84. The number of aryl methyl sites for hydroxylation is 1. The van der Waals surface area contributed by atoms with Gasteiger partial charge < -0.3 is 20.1 Å². The van der Waals surface area contributed by atoms with Crippen LogP contribution in [0.5, 0.6) is 5.75 Å². The van der Waals surface area contributed by atoms with Gasteiger partial charge in [0.25, 0.3) is 5.91 Å². The standard InChI is InChI=1S/C18H20FN3O3/c1-12-8-13(20)9-15(21-12)17-10-22(6-7-24-17)18(23)11-25-16-5-3-2-4-14(16)19/h2-5,8-9,17H,6-7,10-11H2,1H3,(H2,20,21)/t17-/m1/s1. The molecule has 2 heterocycles. The molecule has 3 rings (SSSR count). The molecule has 1 fully saturated rings. The summed E-state index contributed by atoms with van der Waals surface area (Å²) in [4.78, 5) is 18.4. The van der Waals surface area contributed by atoms with Crippen LogP contribution >= 0.6 is 0 Å². The normalized spacial score (nSPS) is 17.4. The molecule has 0 bridgehead atoms. The molecular formula is C18H20FN3O3. The Balaban J connectivity index is 1.62. The van der Waals surface area contributed by atoms with Crippen LogP contribution in [0.15, 0.2) is 36.4 Å². The number of ether oxygens (including phenoxy) is 2. The fraction of sp³-hybridized carbons (Fsp3) is 0.333. The van der Waals surface area contributed by atoms with E-state index in [4.69, 9.17) is 15.2 Å². The number of nitrogen functional groups attached to an aromatic ring is 1. The van der Waals surface area contributed by atoms with E-state index in [1.807, 2.05) is 6.92 Å². The van der Waals surface area contributed by atoms with Crippen molar-refractivity contribution in [3.05, 3.63) is 53.6 Å². The summed E-state index contributed by atoms with van der Waals surface area (Å²) in [5.41, 5.74) is 7.96. The van der Waals surface area contributed by atoms with Gasteiger partial charge in [0, 0.05) is 17.9 Å². The number of hydrogen-bond acceptors (Lipinski definition) is 5. The summed E-state index contributed by atoms with van der Waals surface area (Å²) in [6.07, 6.45) is -0.339. The Labute approximate surface area is 145 Å². The van der Waals surface area contributed by atoms with E-state index in [-0.39, 0.29) is 24.4 Å². The van der Waals surface area contributed by atoms with Crippen molar-refractivity contribution in [1.29, 1.82) is 0 Å². The molecule has 1 saturated heterocycles. The smallest absolute Gasteiger partial charge is 0.260 e. The molecule has 0 radical (unpaired) electrons. The number of morpholine rings is 1. The molecule has 2 aromatic rings. The fourth-order valence-corrected chi connectivity index (χ4v) is 2.73. The number of hydrogen-bond donors (Lipinski definition) is 1. The Morgan fingerprint density at radius 2 is 2.24 bits per heavy atom. The molecule has 7 heteroatoms. The zero-order valence-electron chi connectivity index (χ0n) is 13.9. The van der Waals surface area contributed by atoms with Gasteiger partial charge in [0.2, 0.25) is 0 Å². The first-order valence-corrected chi connectivity index (χ1v) is 8.03. The van der Waals surface area contributed by atoms with Crippen LogP contribution in [0.25, 0.3) is 0 Å². The summed E-state index contributed by atoms with van der Waals surface area (Å²) in [7, 11) is 0. The number of nitrogens with zero attached hydrogens (tertiary/aromatic N) is 2. The zero-order valence-corrected chi connectivity index (χ0v) is 13.9. The van der Waals surface area contributed by atoms with Gasteiger partial charge in [0.1, 0.15) is 6.10 Å². The molecule has 0 saturated carbocycles. The molecule has 1 amide bonds. The molecule has 0 unspecified atom stereocenters. The molecule has 6 nitrogen and oxygen atoms in total. The van der Waals surface area contributed by atoms with Gasteiger partial charge in [-0.15, -0.1) is 0 Å². The van der Waals surface area contributed by atoms with Crippen molar-refractivity contribution in [2.75, 3.05) is 32.0 Å². The molecule has 1 aromatic heterocycles. The molecule has 1 atom stereocenters. The predicted molar refractivity (Wildman–Crippen MR) is 90.6 cm³/mol. The number of nitrogens with two attached hydrogens (primary N) is 1. The van der Waals surface area contributed by atoms with Crippen molar-refractivity contribution >= 4 is 11.6 Å². The Morgan fingerprint density at radius 1 is 1.44 bits per heavy atom. The lowest BCUT2D eigenvalue weighted by atomic mass is 10.1. The second-order valence-electron chi connectivity index (χ2n) is 5.89. The highest BCUT2D eigenvalue weighted by atomic mass is 19.1. The van der Waals surface area contributed by atoms with E-state index in [1.165, 1.54) is 12.1 Å². The summed E-state index contributed by atoms with van der Waals surface area (Å²) in [5.74, 6) is -0.652. The molecule has 132 valence electrons. The first kappa shape index (κ1) is 17.2. The van der Waals surface area contributed by atoms with Gasteiger partial charge >= 0.3 is 0 Å². The van der Waals surface area contributed by atoms with Gasteiger partial charge in [-0.3, -0.25) is 9.78 Å². The minimum Gasteiger partial charge on any atom is -0.481 e. The van der Waals surface area contributed by atoms with Crippen LogP contribution in [0.1, 0.15) is 17.5 Å². The second-order valence-corrected chi connectivity index (χ2v) is 5.89. The Bertz CT molecular complexity index is 749. The van der Waals surface area contributed by atoms with Crippen molar-refractivity contribution in [3.63, 3.8) is 0 Å². The van der Waals surface area contributed by atoms with Gasteiger partial charge in [-0.1, -0.05) is 12.1 Å². The maximum Gasteiger partial charge on any atom is 0.260 e. The minimum atomic E-state index is -0.491. The van der Waals surface area contributed by atoms with Crippen molar-refractivity contribution in [3.8, 4) is 5.75 Å². The number of halogens is 1. The average molecular weight is 345 g/mol. The Kier molecular flexibility index (Phi) is 5.14. The number of anilines is 1. The maximum absolute atomic E-state index is 13.6. The van der Waals surface area contributed by atoms with E-state index in [9.17, 15) is 9.18 Å². The minimum absolute atomic E-state index is 0.0637. The number of aromatic nitrogens is 1. The molecule has 1 aromatic carbocycles. The quantitative estimate of drug-likeness (QED) is 0.918. The highest BCUT2D eigenvalue weighted by Gasteiger charge is 2.27. The number of carbonyl (C=O) groups is 1. The predicted octanol–water partition coefficient (Wildman–Crippen LogP) is 2.09. The topological polar surface area (TPSA) is 77.7 Å². The Morgan fingerprint density at radius 3 is 3.00 bits per heavy atom. The maximum atomic E-state index is 13.6. The van der Waals surface area contributed by atoms with Crippen molar-refractivity contribution in [2.45, 2.75) is 13.0 Å². The monoisotopic (exact) mass is 345 g/mol. The number of rotatable bonds is 4. The summed E-state index contributed by atoms with van der Waals surface area (Å²) in [5, 5.41) is 0. The average Bonchev–Trinajstić information content (AvgIpc) is 2.60. The molecule has 0 spiro atoms. The van der Waals surface area contributed by atoms with Gasteiger partial charge in [0.15, 0.2) is 18.2 Å². The molecule has 1 aliphatic heterocycles. The molecule has 0 aliphatic carbocycles. The van der Waals surface area contributed by atoms with E-state index < -0.39 is 5.82 Å². The third kappa shape index (κ3) is 4.24. The summed E-state index contributed by atoms with van der Waals surface area (Å²) >= 11 is 0. The highest BCUT2D eigenvalue weighted by Crippen LogP contribution is 2.23. The van der Waals surface area contributed by atoms with Crippen LogP contribution in [0.2, 0.25) is 0 Å². The van der Waals surface area contributed by atoms with Gasteiger partial charge in [-0.25, -0.2) is 4.39 Å². The number of benzene rings is 1. The fourth-order valence-electron chi connectivity index (χ4n) is 2.73. The van der Waals surface area contributed by atoms with E-state index in [0.717, 1.165) is 5.69 Å². The van der Waals surface area contributed by atoms with Crippen molar-refractivity contribution in [1.82, 2.24) is 9.88 Å². The van der Waals surface area contributed by atoms with Crippen LogP contribution in [0.4, 0.5) is 10.1 Å². The molecule has 25 heavy (non-hydrogen) atoms. The van der Waals surface area contributed by atoms with Crippen LogP contribution in [-0.2, 0) is 9.53 Å². The number of carbonyl (C=O) groups excluding carboxylic acids is 1. The molecule has 1 aliphatic rings. The number of pyridine rings is 1. The van der Waals surface area contributed by atoms with Gasteiger partial charge in [-0.05, 0) is 31.2 Å². The lowest BCUT2D eigenvalue weighted by Gasteiger charge is -2.32. The molecule has 2 N–H and O–H groups in total. The van der Waals surface area contributed by atoms with Crippen LogP contribution < -0.4 is 10.5 Å². The van der Waals surface area contributed by atoms with Crippen molar-refractivity contribution in [2.24, 2.45) is 0 Å². The Hall–Kier alpha value is -2.67. The van der Waals surface area contributed by atoms with E-state index >= 15 is 0 Å². The molecular weight excluding hydrogens is 325 g/mol. The van der Waals surface area contributed by atoms with Crippen LogP contribution in [0.3, 0.4) is 0 Å². The number of amides is 1. The van der Waals surface area contributed by atoms with Crippen LogP contribution in [-0.4, -0.2) is 42.1 Å². The third-order valence-corrected chi connectivity index (χ3v) is 3.93. The first-order chi connectivity index (χ1) is 12.0. The zero-order chi connectivity index (χ0) is 17.8. The van der Waals surface area contributed by atoms with E-state index in [0.29, 0.717) is 31.1 Å². The van der Waals surface area contributed by atoms with Crippen LogP contribution in [0, 0.1) is 12.7 Å². The van der Waals surface area contributed by atoms with Gasteiger partial charge in [-0.2, -0.15) is 0 Å². The van der Waals surface area contributed by atoms with Crippen molar-refractivity contribution < 1.29 is 18.7 Å². The second kappa shape index (κ2) is 7.48. The first-order valence-electron chi connectivity index (χ1n) is 8.03. The number of para-hydroxylation sites is 1. The van der Waals surface area contributed by atoms with E-state index in [1.54, 1.807) is 29.2 Å². The SMILES string of the molecule is Cc1cc(N)cc([C@H]2CN(C(=O)COc3ccccc3F)CCO2)n1. The summed E-state index contributed by atoms with van der Waals surface area (Å²) < 4.78 is 24.6. The lowest BCUT2D eigenvalue weighted by molar-refractivity contribution is -0.141. The third-order valence-electron chi connectivity index (χ3n) is 3.93. The lowest BCUT2D eigenvalue weighted by Crippen LogP contribution is -2.44. The van der Waals surface area contributed by atoms with Gasteiger partial charge in [0.05, 0.1) is 18.8 Å². The largest absolute Gasteiger partial charge is 0.481 e.